The van der Waals surface area contributed by atoms with E-state index in [0.29, 0.717) is 26.1 Å². The Balaban J connectivity index is 0.00000420. The maximum atomic E-state index is 13.1. The lowest BCUT2D eigenvalue weighted by Gasteiger charge is -2.37. The Labute approximate surface area is 179 Å². The van der Waals surface area contributed by atoms with Crippen molar-refractivity contribution < 1.29 is 14.4 Å². The molecule has 8 heteroatoms. The average Bonchev–Trinajstić information content (AvgIpc) is 2.66. The standard InChI is InChI=1S/C21H32N4O3.ClH/c1-15-6-8-17(9-7-15)19(24-16(2)26)13-21(28)25-12-4-3-5-18(25)14-23-20(27)10-11-22;/h6-9,18-19H,3-5,10-14,22H2,1-2H3,(H,23,27)(H,24,26);1H. The first-order chi connectivity index (χ1) is 13.4. The fourth-order valence-corrected chi connectivity index (χ4v) is 3.58. The third kappa shape index (κ3) is 8.03. The van der Waals surface area contributed by atoms with Gasteiger partial charge in [0.05, 0.1) is 12.5 Å². The van der Waals surface area contributed by atoms with Crippen LogP contribution in [0.4, 0.5) is 0 Å². The van der Waals surface area contributed by atoms with Gasteiger partial charge in [-0.2, -0.15) is 0 Å². The monoisotopic (exact) mass is 424 g/mol. The molecule has 1 aliphatic rings. The minimum atomic E-state index is -0.361. The molecule has 4 N–H and O–H groups in total. The van der Waals surface area contributed by atoms with Gasteiger partial charge in [-0.15, -0.1) is 12.4 Å². The molecular weight excluding hydrogens is 392 g/mol. The second-order valence-electron chi connectivity index (χ2n) is 7.45. The zero-order chi connectivity index (χ0) is 20.5. The molecule has 2 rings (SSSR count). The van der Waals surface area contributed by atoms with Crippen molar-refractivity contribution in [2.45, 2.75) is 58.0 Å². The highest BCUT2D eigenvalue weighted by Gasteiger charge is 2.29. The summed E-state index contributed by atoms with van der Waals surface area (Å²) >= 11 is 0. The fourth-order valence-electron chi connectivity index (χ4n) is 3.58. The molecule has 2 unspecified atom stereocenters. The smallest absolute Gasteiger partial charge is 0.225 e. The van der Waals surface area contributed by atoms with Crippen molar-refractivity contribution in [2.24, 2.45) is 5.73 Å². The van der Waals surface area contributed by atoms with Gasteiger partial charge in [0.1, 0.15) is 0 Å². The molecule has 29 heavy (non-hydrogen) atoms. The van der Waals surface area contributed by atoms with Gasteiger partial charge in [0, 0.05) is 39.0 Å². The Morgan fingerprint density at radius 1 is 1.21 bits per heavy atom. The number of benzene rings is 1. The van der Waals surface area contributed by atoms with Crippen LogP contribution in [0.3, 0.4) is 0 Å². The molecule has 1 aliphatic heterocycles. The summed E-state index contributed by atoms with van der Waals surface area (Å²) < 4.78 is 0. The van der Waals surface area contributed by atoms with Crippen molar-refractivity contribution in [1.82, 2.24) is 15.5 Å². The molecule has 0 aliphatic carbocycles. The van der Waals surface area contributed by atoms with Crippen LogP contribution in [0.15, 0.2) is 24.3 Å². The lowest BCUT2D eigenvalue weighted by atomic mass is 9.98. The number of nitrogens with two attached hydrogens (primary N) is 1. The third-order valence-electron chi connectivity index (χ3n) is 5.09. The summed E-state index contributed by atoms with van der Waals surface area (Å²) in [6.45, 7) is 4.90. The van der Waals surface area contributed by atoms with Gasteiger partial charge in [0.2, 0.25) is 17.7 Å². The molecule has 1 aromatic rings. The third-order valence-corrected chi connectivity index (χ3v) is 5.09. The topological polar surface area (TPSA) is 105 Å². The fraction of sp³-hybridized carbons (Fsp3) is 0.571. The molecule has 0 bridgehead atoms. The predicted octanol–water partition coefficient (Wildman–Crippen LogP) is 1.83. The van der Waals surface area contributed by atoms with Crippen LogP contribution in [0.1, 0.15) is 56.2 Å². The van der Waals surface area contributed by atoms with E-state index in [-0.39, 0.29) is 48.6 Å². The van der Waals surface area contributed by atoms with Crippen LogP contribution >= 0.6 is 12.4 Å². The maximum absolute atomic E-state index is 13.1. The summed E-state index contributed by atoms with van der Waals surface area (Å²) in [7, 11) is 0. The Morgan fingerprint density at radius 2 is 1.90 bits per heavy atom. The summed E-state index contributed by atoms with van der Waals surface area (Å²) in [5.74, 6) is -0.254. The lowest BCUT2D eigenvalue weighted by molar-refractivity contribution is -0.136. The molecular formula is C21H33ClN4O3. The van der Waals surface area contributed by atoms with Gasteiger partial charge >= 0.3 is 0 Å². The van der Waals surface area contributed by atoms with Crippen LogP contribution in [-0.4, -0.2) is 48.3 Å². The first kappa shape index (κ1) is 24.9. The molecule has 1 fully saturated rings. The first-order valence-electron chi connectivity index (χ1n) is 10.0. The molecule has 162 valence electrons. The Bertz CT molecular complexity index is 681. The number of carbonyl (C=O) groups excluding carboxylic acids is 3. The van der Waals surface area contributed by atoms with E-state index in [1.54, 1.807) is 0 Å². The minimum absolute atomic E-state index is 0. The number of nitrogens with one attached hydrogen (secondary N) is 2. The second-order valence-corrected chi connectivity index (χ2v) is 7.45. The maximum Gasteiger partial charge on any atom is 0.225 e. The highest BCUT2D eigenvalue weighted by Crippen LogP contribution is 2.23. The van der Waals surface area contributed by atoms with Gasteiger partial charge in [0.25, 0.3) is 0 Å². The molecule has 1 saturated heterocycles. The van der Waals surface area contributed by atoms with E-state index in [1.165, 1.54) is 6.92 Å². The van der Waals surface area contributed by atoms with Crippen molar-refractivity contribution in [1.29, 1.82) is 0 Å². The van der Waals surface area contributed by atoms with Crippen molar-refractivity contribution in [3.63, 3.8) is 0 Å². The van der Waals surface area contributed by atoms with Gasteiger partial charge in [0.15, 0.2) is 0 Å². The van der Waals surface area contributed by atoms with E-state index < -0.39 is 0 Å². The number of hydrogen-bond acceptors (Lipinski definition) is 4. The SMILES string of the molecule is CC(=O)NC(CC(=O)N1CCCCC1CNC(=O)CCN)c1ccc(C)cc1.Cl. The van der Waals surface area contributed by atoms with E-state index in [2.05, 4.69) is 10.6 Å². The summed E-state index contributed by atoms with van der Waals surface area (Å²) in [5, 5.41) is 5.78. The van der Waals surface area contributed by atoms with Crippen LogP contribution < -0.4 is 16.4 Å². The van der Waals surface area contributed by atoms with Gasteiger partial charge in [-0.3, -0.25) is 14.4 Å². The molecule has 1 heterocycles. The van der Waals surface area contributed by atoms with Crippen LogP contribution in [0, 0.1) is 6.92 Å². The highest BCUT2D eigenvalue weighted by molar-refractivity contribution is 5.85. The number of halogens is 1. The molecule has 0 spiro atoms. The number of likely N-dealkylation sites (tertiary alicyclic amines) is 1. The normalized spacial score (nSPS) is 17.1. The zero-order valence-electron chi connectivity index (χ0n) is 17.3. The number of rotatable bonds is 8. The van der Waals surface area contributed by atoms with Crippen molar-refractivity contribution in [3.8, 4) is 0 Å². The number of nitrogens with zero attached hydrogens (tertiary/aromatic N) is 1. The second kappa shape index (κ2) is 12.4. The lowest BCUT2D eigenvalue weighted by Crippen LogP contribution is -2.50. The summed E-state index contributed by atoms with van der Waals surface area (Å²) in [6.07, 6.45) is 3.35. The molecule has 3 amide bonds. The van der Waals surface area contributed by atoms with E-state index >= 15 is 0 Å². The zero-order valence-corrected chi connectivity index (χ0v) is 18.1. The first-order valence-corrected chi connectivity index (χ1v) is 10.0. The van der Waals surface area contributed by atoms with Crippen molar-refractivity contribution >= 4 is 30.1 Å². The van der Waals surface area contributed by atoms with Gasteiger partial charge in [-0.1, -0.05) is 29.8 Å². The van der Waals surface area contributed by atoms with Crippen molar-refractivity contribution in [2.75, 3.05) is 19.6 Å². The number of carbonyl (C=O) groups is 3. The van der Waals surface area contributed by atoms with Gasteiger partial charge < -0.3 is 21.3 Å². The summed E-state index contributed by atoms with van der Waals surface area (Å²) in [5.41, 5.74) is 7.45. The Morgan fingerprint density at radius 3 is 2.52 bits per heavy atom. The van der Waals surface area contributed by atoms with E-state index in [4.69, 9.17) is 5.73 Å². The summed E-state index contributed by atoms with van der Waals surface area (Å²) in [4.78, 5) is 38.3. The van der Waals surface area contributed by atoms with E-state index in [0.717, 1.165) is 30.4 Å². The molecule has 2 atom stereocenters. The molecule has 7 nitrogen and oxygen atoms in total. The highest BCUT2D eigenvalue weighted by atomic mass is 35.5. The molecule has 0 aromatic heterocycles. The van der Waals surface area contributed by atoms with Crippen LogP contribution in [0.5, 0.6) is 0 Å². The number of piperidine rings is 1. The van der Waals surface area contributed by atoms with Crippen LogP contribution in [0.25, 0.3) is 0 Å². The molecule has 0 radical (unpaired) electrons. The average molecular weight is 425 g/mol. The van der Waals surface area contributed by atoms with Gasteiger partial charge in [-0.05, 0) is 31.7 Å². The van der Waals surface area contributed by atoms with E-state index in [1.807, 2.05) is 36.1 Å². The largest absolute Gasteiger partial charge is 0.354 e. The summed E-state index contributed by atoms with van der Waals surface area (Å²) in [6, 6.07) is 7.48. The number of hydrogen-bond donors (Lipinski definition) is 3. The number of aryl methyl sites for hydroxylation is 1. The number of amides is 3. The van der Waals surface area contributed by atoms with Crippen LogP contribution in [-0.2, 0) is 14.4 Å². The van der Waals surface area contributed by atoms with Crippen molar-refractivity contribution in [3.05, 3.63) is 35.4 Å². The van der Waals surface area contributed by atoms with E-state index in [9.17, 15) is 14.4 Å². The molecule has 0 saturated carbocycles. The Hall–Kier alpha value is -2.12. The minimum Gasteiger partial charge on any atom is -0.354 e. The van der Waals surface area contributed by atoms with Crippen LogP contribution in [0.2, 0.25) is 0 Å². The quantitative estimate of drug-likeness (QED) is 0.592. The van der Waals surface area contributed by atoms with Gasteiger partial charge in [-0.25, -0.2) is 0 Å². The molecule has 1 aromatic carbocycles. The Kier molecular flexibility index (Phi) is 10.7. The predicted molar refractivity (Wildman–Crippen MR) is 116 cm³/mol.